The molecular weight excluding hydrogens is 232 g/mol. The zero-order valence-electron chi connectivity index (χ0n) is 10.2. The van der Waals surface area contributed by atoms with E-state index >= 15 is 0 Å². The number of sulfonamides is 1. The standard InChI is InChI=1S/C9H20N2O4S/c1-5-15-6-8(12)10-7-9(2,3)11-16(4,13)14/h11H,5-7H2,1-4H3,(H,10,12). The molecule has 16 heavy (non-hydrogen) atoms. The minimum absolute atomic E-state index is 0.00848. The van der Waals surface area contributed by atoms with E-state index in [4.69, 9.17) is 4.74 Å². The highest BCUT2D eigenvalue weighted by Gasteiger charge is 2.22. The molecule has 7 heteroatoms. The van der Waals surface area contributed by atoms with Crippen molar-refractivity contribution in [2.45, 2.75) is 26.3 Å². The lowest BCUT2D eigenvalue weighted by molar-refractivity contribution is -0.125. The first-order valence-corrected chi connectivity index (χ1v) is 6.89. The Balaban J connectivity index is 4.04. The van der Waals surface area contributed by atoms with Crippen LogP contribution in [-0.2, 0) is 19.6 Å². The van der Waals surface area contributed by atoms with Gasteiger partial charge in [0, 0.05) is 18.7 Å². The SMILES string of the molecule is CCOCC(=O)NCC(C)(C)NS(C)(=O)=O. The number of nitrogens with one attached hydrogen (secondary N) is 2. The highest BCUT2D eigenvalue weighted by molar-refractivity contribution is 7.88. The van der Waals surface area contributed by atoms with E-state index in [-0.39, 0.29) is 19.1 Å². The average molecular weight is 252 g/mol. The van der Waals surface area contributed by atoms with Crippen LogP contribution in [0, 0.1) is 0 Å². The molecule has 0 spiro atoms. The van der Waals surface area contributed by atoms with E-state index in [1.165, 1.54) is 0 Å². The van der Waals surface area contributed by atoms with E-state index in [2.05, 4.69) is 10.0 Å². The third-order valence-electron chi connectivity index (χ3n) is 1.63. The van der Waals surface area contributed by atoms with Crippen molar-refractivity contribution in [1.29, 1.82) is 0 Å². The third kappa shape index (κ3) is 8.63. The zero-order chi connectivity index (χ0) is 12.8. The zero-order valence-corrected chi connectivity index (χ0v) is 11.0. The van der Waals surface area contributed by atoms with Gasteiger partial charge in [0.05, 0.1) is 6.26 Å². The molecule has 0 radical (unpaired) electrons. The maximum absolute atomic E-state index is 11.2. The van der Waals surface area contributed by atoms with E-state index in [0.717, 1.165) is 6.26 Å². The fourth-order valence-electron chi connectivity index (χ4n) is 1.10. The van der Waals surface area contributed by atoms with Crippen molar-refractivity contribution in [3.8, 4) is 0 Å². The smallest absolute Gasteiger partial charge is 0.246 e. The topological polar surface area (TPSA) is 84.5 Å². The summed E-state index contributed by atoms with van der Waals surface area (Å²) < 4.78 is 29.4. The molecule has 0 rings (SSSR count). The van der Waals surface area contributed by atoms with Crippen molar-refractivity contribution in [2.75, 3.05) is 26.0 Å². The summed E-state index contributed by atoms with van der Waals surface area (Å²) in [5, 5.41) is 2.59. The summed E-state index contributed by atoms with van der Waals surface area (Å²) in [5.41, 5.74) is -0.713. The predicted octanol–water partition coefficient (Wildman–Crippen LogP) is -0.533. The van der Waals surface area contributed by atoms with Gasteiger partial charge in [0.25, 0.3) is 0 Å². The number of amides is 1. The van der Waals surface area contributed by atoms with Crippen LogP contribution in [-0.4, -0.2) is 45.9 Å². The number of hydrogen-bond acceptors (Lipinski definition) is 4. The summed E-state index contributed by atoms with van der Waals surface area (Å²) in [7, 11) is -3.28. The van der Waals surface area contributed by atoms with Crippen LogP contribution >= 0.6 is 0 Å². The van der Waals surface area contributed by atoms with Crippen LogP contribution in [0.2, 0.25) is 0 Å². The Hall–Kier alpha value is -0.660. The first-order valence-electron chi connectivity index (χ1n) is 4.99. The van der Waals surface area contributed by atoms with Crippen molar-refractivity contribution in [3.63, 3.8) is 0 Å². The van der Waals surface area contributed by atoms with Crippen LogP contribution in [0.1, 0.15) is 20.8 Å². The molecule has 0 aromatic carbocycles. The van der Waals surface area contributed by atoms with Crippen LogP contribution in [0.15, 0.2) is 0 Å². The summed E-state index contributed by atoms with van der Waals surface area (Å²) in [5.74, 6) is -0.259. The summed E-state index contributed by atoms with van der Waals surface area (Å²) in [6.07, 6.45) is 1.08. The van der Waals surface area contributed by atoms with Crippen molar-refractivity contribution >= 4 is 15.9 Å². The van der Waals surface area contributed by atoms with E-state index in [1.807, 2.05) is 0 Å². The number of rotatable bonds is 7. The second-order valence-electron chi connectivity index (χ2n) is 4.17. The summed E-state index contributed by atoms with van der Waals surface area (Å²) >= 11 is 0. The molecule has 0 aromatic heterocycles. The van der Waals surface area contributed by atoms with Crippen molar-refractivity contribution in [3.05, 3.63) is 0 Å². The van der Waals surface area contributed by atoms with Gasteiger partial charge in [-0.3, -0.25) is 4.79 Å². The van der Waals surface area contributed by atoms with Gasteiger partial charge in [0.15, 0.2) is 0 Å². The van der Waals surface area contributed by atoms with Gasteiger partial charge in [0.2, 0.25) is 15.9 Å². The summed E-state index contributed by atoms with van der Waals surface area (Å²) in [6, 6.07) is 0. The molecule has 0 aliphatic rings. The number of hydrogen-bond donors (Lipinski definition) is 2. The molecule has 0 fully saturated rings. The molecule has 0 unspecified atom stereocenters. The van der Waals surface area contributed by atoms with Gasteiger partial charge in [0.1, 0.15) is 6.61 Å². The highest BCUT2D eigenvalue weighted by atomic mass is 32.2. The molecular formula is C9H20N2O4S. The van der Waals surface area contributed by atoms with Gasteiger partial charge < -0.3 is 10.1 Å². The summed E-state index contributed by atoms with van der Waals surface area (Å²) in [4.78, 5) is 11.2. The largest absolute Gasteiger partial charge is 0.372 e. The molecule has 0 heterocycles. The molecule has 0 aromatic rings. The van der Waals surface area contributed by atoms with Crippen molar-refractivity contribution in [1.82, 2.24) is 10.0 Å². The fourth-order valence-corrected chi connectivity index (χ4v) is 2.18. The van der Waals surface area contributed by atoms with E-state index in [9.17, 15) is 13.2 Å². The Morgan fingerprint density at radius 2 is 1.94 bits per heavy atom. The molecule has 2 N–H and O–H groups in total. The van der Waals surface area contributed by atoms with Gasteiger partial charge >= 0.3 is 0 Å². The fraction of sp³-hybridized carbons (Fsp3) is 0.889. The lowest BCUT2D eigenvalue weighted by Gasteiger charge is -2.25. The number of ether oxygens (including phenoxy) is 1. The van der Waals surface area contributed by atoms with Gasteiger partial charge in [-0.25, -0.2) is 13.1 Å². The maximum atomic E-state index is 11.2. The lowest BCUT2D eigenvalue weighted by Crippen LogP contribution is -2.51. The Bertz CT molecular complexity index is 324. The second kappa shape index (κ2) is 6.17. The normalized spacial score (nSPS) is 12.5. The van der Waals surface area contributed by atoms with E-state index < -0.39 is 15.6 Å². The molecule has 96 valence electrons. The number of carbonyl (C=O) groups excluding carboxylic acids is 1. The first-order chi connectivity index (χ1) is 7.16. The van der Waals surface area contributed by atoms with Crippen LogP contribution in [0.3, 0.4) is 0 Å². The minimum atomic E-state index is -3.28. The molecule has 1 amide bonds. The molecule has 0 aliphatic heterocycles. The van der Waals surface area contributed by atoms with Gasteiger partial charge in [-0.15, -0.1) is 0 Å². The van der Waals surface area contributed by atoms with Crippen LogP contribution in [0.25, 0.3) is 0 Å². The van der Waals surface area contributed by atoms with Gasteiger partial charge in [-0.2, -0.15) is 0 Å². The molecule has 0 aliphatic carbocycles. The molecule has 0 atom stereocenters. The first kappa shape index (κ1) is 15.3. The maximum Gasteiger partial charge on any atom is 0.246 e. The van der Waals surface area contributed by atoms with Crippen molar-refractivity contribution in [2.24, 2.45) is 0 Å². The van der Waals surface area contributed by atoms with Crippen molar-refractivity contribution < 1.29 is 17.9 Å². The highest BCUT2D eigenvalue weighted by Crippen LogP contribution is 2.01. The lowest BCUT2D eigenvalue weighted by atomic mass is 10.1. The van der Waals surface area contributed by atoms with Crippen LogP contribution in [0.4, 0.5) is 0 Å². The Labute approximate surface area is 96.8 Å². The Morgan fingerprint density at radius 1 is 1.38 bits per heavy atom. The Morgan fingerprint density at radius 3 is 2.38 bits per heavy atom. The molecule has 0 saturated heterocycles. The predicted molar refractivity (Wildman–Crippen MR) is 61.6 cm³/mol. The quantitative estimate of drug-likeness (QED) is 0.638. The number of carbonyl (C=O) groups is 1. The monoisotopic (exact) mass is 252 g/mol. The average Bonchev–Trinajstić information content (AvgIpc) is 2.07. The van der Waals surface area contributed by atoms with E-state index in [1.54, 1.807) is 20.8 Å². The van der Waals surface area contributed by atoms with E-state index in [0.29, 0.717) is 6.61 Å². The van der Waals surface area contributed by atoms with Gasteiger partial charge in [-0.05, 0) is 20.8 Å². The van der Waals surface area contributed by atoms with Crippen LogP contribution in [0.5, 0.6) is 0 Å². The molecule has 0 saturated carbocycles. The summed E-state index contributed by atoms with van der Waals surface area (Å²) in [6.45, 7) is 5.85. The minimum Gasteiger partial charge on any atom is -0.372 e. The van der Waals surface area contributed by atoms with Gasteiger partial charge in [-0.1, -0.05) is 0 Å². The Kier molecular flexibility index (Phi) is 5.91. The van der Waals surface area contributed by atoms with Crippen LogP contribution < -0.4 is 10.0 Å². The second-order valence-corrected chi connectivity index (χ2v) is 5.92. The third-order valence-corrected chi connectivity index (χ3v) is 2.55. The molecule has 0 bridgehead atoms. The molecule has 6 nitrogen and oxygen atoms in total.